The van der Waals surface area contributed by atoms with Crippen molar-refractivity contribution in [2.24, 2.45) is 0 Å². The van der Waals surface area contributed by atoms with E-state index in [1.54, 1.807) is 19.1 Å². The van der Waals surface area contributed by atoms with Gasteiger partial charge in [-0.25, -0.2) is 12.8 Å². The summed E-state index contributed by atoms with van der Waals surface area (Å²) in [6.45, 7) is 2.54. The molecule has 3 rings (SSSR count). The van der Waals surface area contributed by atoms with Crippen LogP contribution in [0.25, 0.3) is 0 Å². The molecule has 0 saturated carbocycles. The Morgan fingerprint density at radius 3 is 2.66 bits per heavy atom. The normalized spacial score (nSPS) is 17.7. The van der Waals surface area contributed by atoms with E-state index in [4.69, 9.17) is 9.47 Å². The van der Waals surface area contributed by atoms with Crippen molar-refractivity contribution in [1.29, 1.82) is 0 Å². The molecule has 29 heavy (non-hydrogen) atoms. The first-order chi connectivity index (χ1) is 13.8. The molecule has 0 N–H and O–H groups in total. The van der Waals surface area contributed by atoms with Crippen LogP contribution in [0.5, 0.6) is 11.6 Å². The molecule has 1 aliphatic rings. The summed E-state index contributed by atoms with van der Waals surface area (Å²) >= 11 is 0. The zero-order valence-corrected chi connectivity index (χ0v) is 17.5. The number of hydrogen-bond donors (Lipinski definition) is 0. The maximum absolute atomic E-state index is 14.1. The van der Waals surface area contributed by atoms with Crippen LogP contribution >= 0.6 is 0 Å². The molecule has 1 aliphatic heterocycles. The van der Waals surface area contributed by atoms with E-state index in [0.717, 1.165) is 6.07 Å². The number of sulfonamides is 1. The van der Waals surface area contributed by atoms with Gasteiger partial charge in [0.15, 0.2) is 17.4 Å². The predicted molar refractivity (Wildman–Crippen MR) is 106 cm³/mol. The van der Waals surface area contributed by atoms with Gasteiger partial charge in [-0.15, -0.1) is 10.2 Å². The average Bonchev–Trinajstić information content (AvgIpc) is 2.70. The van der Waals surface area contributed by atoms with Gasteiger partial charge in [-0.1, -0.05) is 0 Å². The van der Waals surface area contributed by atoms with Crippen LogP contribution < -0.4 is 14.4 Å². The van der Waals surface area contributed by atoms with Gasteiger partial charge >= 0.3 is 0 Å². The zero-order chi connectivity index (χ0) is 21.0. The highest BCUT2D eigenvalue weighted by atomic mass is 32.2. The van der Waals surface area contributed by atoms with Gasteiger partial charge in [0.25, 0.3) is 0 Å². The van der Waals surface area contributed by atoms with E-state index in [-0.39, 0.29) is 23.3 Å². The van der Waals surface area contributed by atoms with Crippen molar-refractivity contribution in [3.63, 3.8) is 0 Å². The number of halogens is 1. The van der Waals surface area contributed by atoms with Crippen molar-refractivity contribution in [2.75, 3.05) is 38.7 Å². The molecule has 1 saturated heterocycles. The summed E-state index contributed by atoms with van der Waals surface area (Å²) < 4.78 is 52.3. The molecular formula is C19H25FN4O4S. The molecule has 0 radical (unpaired) electrons. The second kappa shape index (κ2) is 8.91. The number of rotatable bonds is 7. The molecule has 0 spiro atoms. The lowest BCUT2D eigenvalue weighted by Crippen LogP contribution is -2.44. The predicted octanol–water partition coefficient (Wildman–Crippen LogP) is 2.31. The van der Waals surface area contributed by atoms with E-state index in [1.165, 1.54) is 16.4 Å². The number of nitrogens with zero attached hydrogens (tertiary/aromatic N) is 4. The Balaban J connectivity index is 1.71. The van der Waals surface area contributed by atoms with Crippen LogP contribution in [0.2, 0.25) is 0 Å². The monoisotopic (exact) mass is 424 g/mol. The molecule has 1 unspecified atom stereocenters. The van der Waals surface area contributed by atoms with Crippen LogP contribution in [0.4, 0.5) is 10.2 Å². The average molecular weight is 424 g/mol. The van der Waals surface area contributed by atoms with Gasteiger partial charge in [0.1, 0.15) is 6.10 Å². The smallest absolute Gasteiger partial charge is 0.243 e. The minimum atomic E-state index is -3.84. The summed E-state index contributed by atoms with van der Waals surface area (Å²) in [7, 11) is -0.126. The molecule has 1 atom stereocenters. The molecule has 0 bridgehead atoms. The number of anilines is 1. The molecule has 8 nitrogen and oxygen atoms in total. The maximum atomic E-state index is 14.1. The van der Waals surface area contributed by atoms with Gasteiger partial charge < -0.3 is 14.4 Å². The van der Waals surface area contributed by atoms with Crippen molar-refractivity contribution in [1.82, 2.24) is 14.5 Å². The molecule has 10 heteroatoms. The first-order valence-corrected chi connectivity index (χ1v) is 10.9. The molecule has 0 aliphatic carbocycles. The molecule has 158 valence electrons. The fourth-order valence-electron chi connectivity index (χ4n) is 3.07. The Morgan fingerprint density at radius 1 is 1.24 bits per heavy atom. The molecule has 1 aromatic heterocycles. The van der Waals surface area contributed by atoms with Gasteiger partial charge in [0.2, 0.25) is 15.9 Å². The minimum Gasteiger partial charge on any atom is -0.491 e. The molecule has 2 aromatic rings. The lowest BCUT2D eigenvalue weighted by molar-refractivity contribution is 0.123. The van der Waals surface area contributed by atoms with Crippen LogP contribution in [-0.2, 0) is 10.0 Å². The van der Waals surface area contributed by atoms with E-state index in [0.29, 0.717) is 37.7 Å². The summed E-state index contributed by atoms with van der Waals surface area (Å²) in [6.07, 6.45) is 0.971. The first-order valence-electron chi connectivity index (χ1n) is 9.41. The number of ether oxygens (including phenoxy) is 2. The van der Waals surface area contributed by atoms with Crippen molar-refractivity contribution in [2.45, 2.75) is 30.8 Å². The Morgan fingerprint density at radius 2 is 2.03 bits per heavy atom. The molecule has 0 amide bonds. The SMILES string of the molecule is CCOc1ccc(S(=O)(=O)N2CCCC(Oc3ccc(N(C)C)nn3)C2)cc1F. The Hall–Kier alpha value is -2.46. The van der Waals surface area contributed by atoms with Crippen LogP contribution in [0, 0.1) is 5.82 Å². The van der Waals surface area contributed by atoms with Gasteiger partial charge in [0.05, 0.1) is 18.0 Å². The van der Waals surface area contributed by atoms with Crippen LogP contribution in [0.1, 0.15) is 19.8 Å². The van der Waals surface area contributed by atoms with Crippen LogP contribution in [0.15, 0.2) is 35.2 Å². The van der Waals surface area contributed by atoms with Crippen molar-refractivity contribution >= 4 is 15.8 Å². The lowest BCUT2D eigenvalue weighted by Gasteiger charge is -2.31. The lowest BCUT2D eigenvalue weighted by atomic mass is 10.1. The van der Waals surface area contributed by atoms with Crippen molar-refractivity contribution in [3.05, 3.63) is 36.1 Å². The Bertz CT molecular complexity index is 938. The summed E-state index contributed by atoms with van der Waals surface area (Å²) in [6, 6.07) is 7.18. The Kier molecular flexibility index (Phi) is 6.53. The van der Waals surface area contributed by atoms with E-state index in [9.17, 15) is 12.8 Å². The van der Waals surface area contributed by atoms with Gasteiger partial charge in [-0.05, 0) is 44.0 Å². The zero-order valence-electron chi connectivity index (χ0n) is 16.7. The van der Waals surface area contributed by atoms with Crippen molar-refractivity contribution < 1.29 is 22.3 Å². The highest BCUT2D eigenvalue weighted by molar-refractivity contribution is 7.89. The van der Waals surface area contributed by atoms with Gasteiger partial charge in [-0.3, -0.25) is 0 Å². The molecule has 2 heterocycles. The van der Waals surface area contributed by atoms with E-state index in [1.807, 2.05) is 19.0 Å². The fourth-order valence-corrected chi connectivity index (χ4v) is 4.59. The largest absolute Gasteiger partial charge is 0.491 e. The molecule has 1 aromatic carbocycles. The standard InChI is InChI=1S/C19H25FN4O4S/c1-4-27-17-8-7-15(12-16(17)20)29(25,26)24-11-5-6-14(13-24)28-19-10-9-18(21-22-19)23(2)3/h7-10,12,14H,4-6,11,13H2,1-3H3. The first kappa shape index (κ1) is 21.3. The third-order valence-corrected chi connectivity index (χ3v) is 6.41. The summed E-state index contributed by atoms with van der Waals surface area (Å²) in [5.74, 6) is 0.370. The number of hydrogen-bond acceptors (Lipinski definition) is 7. The highest BCUT2D eigenvalue weighted by Crippen LogP contribution is 2.26. The number of benzene rings is 1. The van der Waals surface area contributed by atoms with Gasteiger partial charge in [-0.2, -0.15) is 4.31 Å². The highest BCUT2D eigenvalue weighted by Gasteiger charge is 2.32. The summed E-state index contributed by atoms with van der Waals surface area (Å²) in [4.78, 5) is 1.72. The van der Waals surface area contributed by atoms with Gasteiger partial charge in [0, 0.05) is 26.7 Å². The Labute approximate surface area is 170 Å². The maximum Gasteiger partial charge on any atom is 0.243 e. The van der Waals surface area contributed by atoms with Crippen molar-refractivity contribution in [3.8, 4) is 11.6 Å². The third-order valence-electron chi connectivity index (χ3n) is 4.55. The van der Waals surface area contributed by atoms with E-state index < -0.39 is 15.8 Å². The molecule has 1 fully saturated rings. The third kappa shape index (κ3) is 4.94. The quantitative estimate of drug-likeness (QED) is 0.674. The molecular weight excluding hydrogens is 399 g/mol. The van der Waals surface area contributed by atoms with E-state index >= 15 is 0 Å². The minimum absolute atomic E-state index is 0.0334. The number of piperidine rings is 1. The topological polar surface area (TPSA) is 84.9 Å². The second-order valence-corrected chi connectivity index (χ2v) is 8.83. The van der Waals surface area contributed by atoms with Crippen LogP contribution in [-0.4, -0.2) is 62.8 Å². The second-order valence-electron chi connectivity index (χ2n) is 6.89. The summed E-state index contributed by atoms with van der Waals surface area (Å²) in [5, 5.41) is 8.09. The van der Waals surface area contributed by atoms with E-state index in [2.05, 4.69) is 10.2 Å². The fraction of sp³-hybridized carbons (Fsp3) is 0.474. The van der Waals surface area contributed by atoms with Crippen LogP contribution in [0.3, 0.4) is 0 Å². The number of aromatic nitrogens is 2. The summed E-state index contributed by atoms with van der Waals surface area (Å²) in [5.41, 5.74) is 0.